The number of nitrogens with zero attached hydrogens (tertiary/aromatic N) is 1. The number of hydrogen-bond donors (Lipinski definition) is 0. The van der Waals surface area contributed by atoms with Gasteiger partial charge in [0.1, 0.15) is 11.2 Å². The van der Waals surface area contributed by atoms with E-state index in [0.29, 0.717) is 0 Å². The number of thiophene rings is 1. The second-order valence-electron chi connectivity index (χ2n) is 12.9. The third-order valence-corrected chi connectivity index (χ3v) is 11.1. The summed E-state index contributed by atoms with van der Waals surface area (Å²) in [7, 11) is 0. The van der Waals surface area contributed by atoms with E-state index in [1.165, 1.54) is 53.6 Å². The van der Waals surface area contributed by atoms with Crippen molar-refractivity contribution in [2.24, 2.45) is 0 Å². The Balaban J connectivity index is 1.11. The molecule has 0 aliphatic carbocycles. The highest BCUT2D eigenvalue weighted by Crippen LogP contribution is 2.43. The van der Waals surface area contributed by atoms with Crippen molar-refractivity contribution in [1.29, 1.82) is 0 Å². The van der Waals surface area contributed by atoms with Crippen LogP contribution in [0.3, 0.4) is 0 Å². The largest absolute Gasteiger partial charge is 0.456 e. The standard InChI is InChI=1S/C48H31NOS/c1-3-10-32(11-4-1)34-18-23-37(24-19-34)49(38-25-20-35(21-26-38)33-12-5-2-6-13-33)39-27-29-46-44(31-39)43-30-36(22-28-45(43)50-46)40-15-9-16-42-41-14-7-8-17-47(41)51-48(40)42/h1-31H. The number of anilines is 3. The summed E-state index contributed by atoms with van der Waals surface area (Å²) in [6.45, 7) is 0. The van der Waals surface area contributed by atoms with Crippen LogP contribution >= 0.6 is 11.3 Å². The molecule has 0 aliphatic heterocycles. The highest BCUT2D eigenvalue weighted by atomic mass is 32.1. The van der Waals surface area contributed by atoms with Gasteiger partial charge < -0.3 is 9.32 Å². The quantitative estimate of drug-likeness (QED) is 0.175. The summed E-state index contributed by atoms with van der Waals surface area (Å²) < 4.78 is 9.07. The summed E-state index contributed by atoms with van der Waals surface area (Å²) in [6.07, 6.45) is 0. The van der Waals surface area contributed by atoms with Crippen molar-refractivity contribution < 1.29 is 4.42 Å². The zero-order valence-electron chi connectivity index (χ0n) is 27.7. The Hall–Kier alpha value is -6.42. The Morgan fingerprint density at radius 3 is 1.53 bits per heavy atom. The number of fused-ring (bicyclic) bond motifs is 6. The maximum absolute atomic E-state index is 6.44. The number of hydrogen-bond acceptors (Lipinski definition) is 3. The highest BCUT2D eigenvalue weighted by Gasteiger charge is 2.17. The van der Waals surface area contributed by atoms with Gasteiger partial charge in [-0.1, -0.05) is 127 Å². The first-order valence-electron chi connectivity index (χ1n) is 17.2. The molecule has 2 heterocycles. The van der Waals surface area contributed by atoms with Gasteiger partial charge in [0.05, 0.1) is 0 Å². The summed E-state index contributed by atoms with van der Waals surface area (Å²) in [5.41, 5.74) is 12.3. The molecule has 240 valence electrons. The van der Waals surface area contributed by atoms with Crippen molar-refractivity contribution in [1.82, 2.24) is 0 Å². The molecule has 0 spiro atoms. The van der Waals surface area contributed by atoms with E-state index in [0.717, 1.165) is 39.0 Å². The lowest BCUT2D eigenvalue weighted by Crippen LogP contribution is -2.09. The predicted octanol–water partition coefficient (Wildman–Crippen LogP) is 14.4. The molecule has 10 aromatic rings. The molecule has 0 saturated heterocycles. The normalized spacial score (nSPS) is 11.5. The fraction of sp³-hybridized carbons (Fsp3) is 0. The van der Waals surface area contributed by atoms with Crippen LogP contribution in [0, 0.1) is 0 Å². The molecule has 0 atom stereocenters. The van der Waals surface area contributed by atoms with E-state index in [9.17, 15) is 0 Å². The molecular formula is C48H31NOS. The molecule has 8 aromatic carbocycles. The van der Waals surface area contributed by atoms with E-state index in [2.05, 4.69) is 193 Å². The van der Waals surface area contributed by atoms with Crippen LogP contribution in [-0.2, 0) is 0 Å². The summed E-state index contributed by atoms with van der Waals surface area (Å²) in [6, 6.07) is 67.3. The Labute approximate surface area is 300 Å². The molecule has 51 heavy (non-hydrogen) atoms. The van der Waals surface area contributed by atoms with Crippen LogP contribution < -0.4 is 4.90 Å². The molecule has 0 bridgehead atoms. The van der Waals surface area contributed by atoms with Gasteiger partial charge in [0.25, 0.3) is 0 Å². The third-order valence-electron chi connectivity index (χ3n) is 9.89. The summed E-state index contributed by atoms with van der Waals surface area (Å²) >= 11 is 1.86. The van der Waals surface area contributed by atoms with Gasteiger partial charge in [-0.2, -0.15) is 0 Å². The van der Waals surface area contributed by atoms with Crippen LogP contribution in [-0.4, -0.2) is 0 Å². The van der Waals surface area contributed by atoms with Gasteiger partial charge in [0.2, 0.25) is 0 Å². The Morgan fingerprint density at radius 1 is 0.353 bits per heavy atom. The molecule has 0 unspecified atom stereocenters. The van der Waals surface area contributed by atoms with Gasteiger partial charge in [-0.3, -0.25) is 0 Å². The van der Waals surface area contributed by atoms with E-state index in [4.69, 9.17) is 4.42 Å². The van der Waals surface area contributed by atoms with Gasteiger partial charge >= 0.3 is 0 Å². The number of rotatable bonds is 6. The van der Waals surface area contributed by atoms with Crippen LogP contribution in [0.4, 0.5) is 17.1 Å². The first-order chi connectivity index (χ1) is 25.3. The maximum Gasteiger partial charge on any atom is 0.135 e. The molecule has 0 saturated carbocycles. The minimum Gasteiger partial charge on any atom is -0.456 e. The number of benzene rings is 8. The molecule has 0 N–H and O–H groups in total. The second kappa shape index (κ2) is 12.2. The van der Waals surface area contributed by atoms with E-state index in [1.54, 1.807) is 0 Å². The smallest absolute Gasteiger partial charge is 0.135 e. The van der Waals surface area contributed by atoms with E-state index in [-0.39, 0.29) is 0 Å². The molecule has 2 nitrogen and oxygen atoms in total. The average Bonchev–Trinajstić information content (AvgIpc) is 3.77. The van der Waals surface area contributed by atoms with Gasteiger partial charge in [-0.15, -0.1) is 11.3 Å². The fourth-order valence-corrected chi connectivity index (χ4v) is 8.60. The topological polar surface area (TPSA) is 16.4 Å². The lowest BCUT2D eigenvalue weighted by Gasteiger charge is -2.26. The third kappa shape index (κ3) is 5.18. The Morgan fingerprint density at radius 2 is 0.863 bits per heavy atom. The van der Waals surface area contributed by atoms with Crippen LogP contribution in [0.5, 0.6) is 0 Å². The zero-order chi connectivity index (χ0) is 33.7. The van der Waals surface area contributed by atoms with Crippen molar-refractivity contribution in [3.63, 3.8) is 0 Å². The molecule has 3 heteroatoms. The molecule has 0 aliphatic rings. The van der Waals surface area contributed by atoms with E-state index < -0.39 is 0 Å². The van der Waals surface area contributed by atoms with Gasteiger partial charge in [-0.25, -0.2) is 0 Å². The van der Waals surface area contributed by atoms with Gasteiger partial charge in [0.15, 0.2) is 0 Å². The predicted molar refractivity (Wildman–Crippen MR) is 218 cm³/mol. The fourth-order valence-electron chi connectivity index (χ4n) is 7.36. The van der Waals surface area contributed by atoms with Crippen LogP contribution in [0.2, 0.25) is 0 Å². The minimum atomic E-state index is 0.879. The van der Waals surface area contributed by atoms with Crippen molar-refractivity contribution in [2.75, 3.05) is 4.90 Å². The number of furan rings is 1. The Kier molecular flexibility index (Phi) is 7.04. The first-order valence-corrected chi connectivity index (χ1v) is 18.1. The zero-order valence-corrected chi connectivity index (χ0v) is 28.5. The molecule has 2 aromatic heterocycles. The monoisotopic (exact) mass is 669 g/mol. The molecular weight excluding hydrogens is 639 g/mol. The van der Waals surface area contributed by atoms with Gasteiger partial charge in [0, 0.05) is 48.0 Å². The van der Waals surface area contributed by atoms with E-state index in [1.807, 2.05) is 11.3 Å². The molecule has 0 fully saturated rings. The van der Waals surface area contributed by atoms with Gasteiger partial charge in [-0.05, 0) is 94.0 Å². The first kappa shape index (κ1) is 29.5. The van der Waals surface area contributed by atoms with Crippen molar-refractivity contribution in [3.05, 3.63) is 188 Å². The lowest BCUT2D eigenvalue weighted by atomic mass is 10.0. The minimum absolute atomic E-state index is 0.879. The highest BCUT2D eigenvalue weighted by molar-refractivity contribution is 7.26. The van der Waals surface area contributed by atoms with Crippen molar-refractivity contribution >= 4 is 70.5 Å². The Bertz CT molecular complexity index is 2750. The summed E-state index contributed by atoms with van der Waals surface area (Å²) in [5, 5.41) is 4.83. The summed E-state index contributed by atoms with van der Waals surface area (Å²) in [5.74, 6) is 0. The second-order valence-corrected chi connectivity index (χ2v) is 14.0. The van der Waals surface area contributed by atoms with Crippen LogP contribution in [0.15, 0.2) is 192 Å². The van der Waals surface area contributed by atoms with Crippen LogP contribution in [0.25, 0.3) is 75.5 Å². The summed E-state index contributed by atoms with van der Waals surface area (Å²) in [4.78, 5) is 2.34. The van der Waals surface area contributed by atoms with Crippen molar-refractivity contribution in [2.45, 2.75) is 0 Å². The molecule has 0 radical (unpaired) electrons. The van der Waals surface area contributed by atoms with E-state index >= 15 is 0 Å². The average molecular weight is 670 g/mol. The molecule has 10 rings (SSSR count). The lowest BCUT2D eigenvalue weighted by molar-refractivity contribution is 0.669. The molecule has 0 amide bonds. The SMILES string of the molecule is c1ccc(-c2ccc(N(c3ccc(-c4ccccc4)cc3)c3ccc4oc5ccc(-c6cccc7c6sc6ccccc67)cc5c4c3)cc2)cc1. The van der Waals surface area contributed by atoms with Crippen LogP contribution in [0.1, 0.15) is 0 Å². The maximum atomic E-state index is 6.44. The van der Waals surface area contributed by atoms with Crippen molar-refractivity contribution in [3.8, 4) is 33.4 Å².